The third-order valence-electron chi connectivity index (χ3n) is 3.56. The molecule has 2 aromatic carbocycles. The average Bonchev–Trinajstić information content (AvgIpc) is 2.60. The highest BCUT2D eigenvalue weighted by Crippen LogP contribution is 2.25. The van der Waals surface area contributed by atoms with Crippen molar-refractivity contribution in [2.45, 2.75) is 17.4 Å². The van der Waals surface area contributed by atoms with Gasteiger partial charge < -0.3 is 15.8 Å². The molecule has 2 aromatic rings. The number of carbonyl (C=O) groups is 1. The van der Waals surface area contributed by atoms with Gasteiger partial charge in [-0.3, -0.25) is 4.79 Å². The first-order valence-corrected chi connectivity index (χ1v) is 11.2. The van der Waals surface area contributed by atoms with Gasteiger partial charge in [0, 0.05) is 11.9 Å². The molecule has 3 N–H and O–H groups in total. The Morgan fingerprint density at radius 3 is 2.44 bits per heavy atom. The van der Waals surface area contributed by atoms with Crippen molar-refractivity contribution in [1.29, 1.82) is 0 Å². The lowest BCUT2D eigenvalue weighted by molar-refractivity contribution is -0.117. The highest BCUT2D eigenvalue weighted by Gasteiger charge is 2.13. The number of halogens is 1. The zero-order valence-electron chi connectivity index (χ0n) is 15.0. The first kappa shape index (κ1) is 23.3. The molecule has 0 radical (unpaired) electrons. The lowest BCUT2D eigenvalue weighted by Gasteiger charge is -2.12. The van der Waals surface area contributed by atoms with Crippen LogP contribution in [-0.2, 0) is 14.6 Å². The van der Waals surface area contributed by atoms with Crippen LogP contribution in [0.4, 0.5) is 5.69 Å². The first-order valence-electron chi connectivity index (χ1n) is 7.93. The lowest BCUT2D eigenvalue weighted by Crippen LogP contribution is -2.36. The van der Waals surface area contributed by atoms with Crippen molar-refractivity contribution >= 4 is 45.6 Å². The maximum absolute atomic E-state index is 12.0. The predicted octanol–water partition coefficient (Wildman–Crippen LogP) is 3.32. The van der Waals surface area contributed by atoms with Crippen molar-refractivity contribution in [3.8, 4) is 11.5 Å². The molecule has 6 nitrogen and oxygen atoms in total. The van der Waals surface area contributed by atoms with Crippen LogP contribution in [0.25, 0.3) is 0 Å². The van der Waals surface area contributed by atoms with Crippen molar-refractivity contribution in [2.24, 2.45) is 5.73 Å². The Morgan fingerprint density at radius 1 is 1.19 bits per heavy atom. The molecule has 9 heteroatoms. The SMILES string of the molecule is CSCC[C@H](N)C(=O)Nc1ccc(Oc2cccc(S(C)(=O)=O)c2)cc1.Cl. The smallest absolute Gasteiger partial charge is 0.241 e. The number of ether oxygens (including phenoxy) is 1. The molecular formula is C18H23ClN2O4S2. The van der Waals surface area contributed by atoms with Crippen LogP contribution in [-0.4, -0.2) is 38.6 Å². The second kappa shape index (κ2) is 10.6. The van der Waals surface area contributed by atoms with E-state index in [4.69, 9.17) is 10.5 Å². The maximum Gasteiger partial charge on any atom is 0.241 e. The van der Waals surface area contributed by atoms with Gasteiger partial charge in [-0.1, -0.05) is 6.07 Å². The molecule has 0 fully saturated rings. The summed E-state index contributed by atoms with van der Waals surface area (Å²) in [7, 11) is -3.29. The quantitative estimate of drug-likeness (QED) is 0.666. The Hall–Kier alpha value is -1.74. The number of rotatable bonds is 8. The van der Waals surface area contributed by atoms with Gasteiger partial charge in [0.15, 0.2) is 9.84 Å². The van der Waals surface area contributed by atoms with E-state index in [2.05, 4.69) is 5.32 Å². The van der Waals surface area contributed by atoms with E-state index in [0.29, 0.717) is 23.6 Å². The standard InChI is InChI=1S/C18H22N2O4S2.ClH/c1-25-11-10-17(19)18(21)20-13-6-8-14(9-7-13)24-15-4-3-5-16(12-15)26(2,22)23;/h3-9,12,17H,10-11,19H2,1-2H3,(H,20,21);1H/t17-;/m0./s1. The third-order valence-corrected chi connectivity index (χ3v) is 5.32. The van der Waals surface area contributed by atoms with Crippen molar-refractivity contribution < 1.29 is 17.9 Å². The molecular weight excluding hydrogens is 408 g/mol. The minimum Gasteiger partial charge on any atom is -0.457 e. The summed E-state index contributed by atoms with van der Waals surface area (Å²) in [6, 6.07) is 12.5. The molecule has 0 aliphatic heterocycles. The molecule has 0 heterocycles. The molecule has 1 amide bonds. The van der Waals surface area contributed by atoms with Crippen LogP contribution in [0.1, 0.15) is 6.42 Å². The van der Waals surface area contributed by atoms with Crippen LogP contribution in [0, 0.1) is 0 Å². The highest BCUT2D eigenvalue weighted by molar-refractivity contribution is 7.98. The molecule has 0 aliphatic carbocycles. The van der Waals surface area contributed by atoms with E-state index in [-0.39, 0.29) is 23.2 Å². The first-order chi connectivity index (χ1) is 12.3. The Morgan fingerprint density at radius 2 is 1.85 bits per heavy atom. The van der Waals surface area contributed by atoms with Crippen LogP contribution in [0.5, 0.6) is 11.5 Å². The summed E-state index contributed by atoms with van der Waals surface area (Å²) in [6.45, 7) is 0. The molecule has 148 valence electrons. The van der Waals surface area contributed by atoms with E-state index in [1.807, 2.05) is 6.26 Å². The fraction of sp³-hybridized carbons (Fsp3) is 0.278. The number of benzene rings is 2. The third kappa shape index (κ3) is 7.42. The summed E-state index contributed by atoms with van der Waals surface area (Å²) in [5, 5.41) is 2.76. The minimum absolute atomic E-state index is 0. The van der Waals surface area contributed by atoms with E-state index >= 15 is 0 Å². The highest BCUT2D eigenvalue weighted by atomic mass is 35.5. The molecule has 0 saturated carbocycles. The van der Waals surface area contributed by atoms with E-state index in [1.165, 1.54) is 12.1 Å². The van der Waals surface area contributed by atoms with Gasteiger partial charge in [0.05, 0.1) is 10.9 Å². The van der Waals surface area contributed by atoms with Gasteiger partial charge >= 0.3 is 0 Å². The number of nitrogens with two attached hydrogens (primary N) is 1. The van der Waals surface area contributed by atoms with Crippen LogP contribution >= 0.6 is 24.2 Å². The summed E-state index contributed by atoms with van der Waals surface area (Å²) in [4.78, 5) is 12.2. The summed E-state index contributed by atoms with van der Waals surface area (Å²) >= 11 is 1.64. The van der Waals surface area contributed by atoms with Crippen molar-refractivity contribution in [1.82, 2.24) is 0 Å². The molecule has 0 saturated heterocycles. The van der Waals surface area contributed by atoms with Gasteiger partial charge in [-0.05, 0) is 60.9 Å². The van der Waals surface area contributed by atoms with Gasteiger partial charge in [-0.2, -0.15) is 11.8 Å². The van der Waals surface area contributed by atoms with Gasteiger partial charge in [0.2, 0.25) is 5.91 Å². The number of thioether (sulfide) groups is 1. The van der Waals surface area contributed by atoms with Crippen molar-refractivity contribution in [3.63, 3.8) is 0 Å². The summed E-state index contributed by atoms with van der Waals surface area (Å²) in [5.41, 5.74) is 6.45. The van der Waals surface area contributed by atoms with Crippen molar-refractivity contribution in [3.05, 3.63) is 48.5 Å². The molecule has 0 bridgehead atoms. The number of hydrogen-bond donors (Lipinski definition) is 2. The molecule has 27 heavy (non-hydrogen) atoms. The van der Waals surface area contributed by atoms with E-state index in [9.17, 15) is 13.2 Å². The molecule has 2 rings (SSSR count). The van der Waals surface area contributed by atoms with Crippen LogP contribution < -0.4 is 15.8 Å². The zero-order chi connectivity index (χ0) is 19.2. The average molecular weight is 431 g/mol. The van der Waals surface area contributed by atoms with Gasteiger partial charge in [-0.15, -0.1) is 12.4 Å². The summed E-state index contributed by atoms with van der Waals surface area (Å²) < 4.78 is 28.9. The molecule has 0 unspecified atom stereocenters. The molecule has 0 aromatic heterocycles. The number of carbonyl (C=O) groups excluding carboxylic acids is 1. The van der Waals surface area contributed by atoms with Crippen LogP contribution in [0.15, 0.2) is 53.4 Å². The topological polar surface area (TPSA) is 98.5 Å². The maximum atomic E-state index is 12.0. The fourth-order valence-corrected chi connectivity index (χ4v) is 3.27. The zero-order valence-corrected chi connectivity index (χ0v) is 17.5. The van der Waals surface area contributed by atoms with Crippen molar-refractivity contribution in [2.75, 3.05) is 23.6 Å². The molecule has 0 spiro atoms. The molecule has 1 atom stereocenters. The lowest BCUT2D eigenvalue weighted by atomic mass is 10.2. The Balaban J connectivity index is 0.00000364. The number of nitrogens with one attached hydrogen (secondary N) is 1. The Bertz CT molecular complexity index is 858. The molecule has 0 aliphatic rings. The number of hydrogen-bond acceptors (Lipinski definition) is 6. The van der Waals surface area contributed by atoms with E-state index < -0.39 is 15.9 Å². The Labute approximate surface area is 170 Å². The summed E-state index contributed by atoms with van der Waals surface area (Å²) in [6.07, 6.45) is 3.73. The van der Waals surface area contributed by atoms with Gasteiger partial charge in [-0.25, -0.2) is 8.42 Å². The van der Waals surface area contributed by atoms with E-state index in [1.54, 1.807) is 48.2 Å². The monoisotopic (exact) mass is 430 g/mol. The number of amides is 1. The number of anilines is 1. The van der Waals surface area contributed by atoms with Gasteiger partial charge in [0.1, 0.15) is 11.5 Å². The second-order valence-corrected chi connectivity index (χ2v) is 8.75. The minimum atomic E-state index is -3.29. The second-order valence-electron chi connectivity index (χ2n) is 5.75. The van der Waals surface area contributed by atoms with Crippen LogP contribution in [0.2, 0.25) is 0 Å². The van der Waals surface area contributed by atoms with Crippen LogP contribution in [0.3, 0.4) is 0 Å². The largest absolute Gasteiger partial charge is 0.457 e. The normalized spacial score (nSPS) is 12.0. The Kier molecular flexibility index (Phi) is 9.11. The van der Waals surface area contributed by atoms with E-state index in [0.717, 1.165) is 12.0 Å². The predicted molar refractivity (Wildman–Crippen MR) is 113 cm³/mol. The fourth-order valence-electron chi connectivity index (χ4n) is 2.12. The van der Waals surface area contributed by atoms with Gasteiger partial charge in [0.25, 0.3) is 0 Å². The number of sulfone groups is 1. The summed E-state index contributed by atoms with van der Waals surface area (Å²) in [5.74, 6) is 1.55.